The minimum Gasteiger partial charge on any atom is -0.374 e. The first-order chi connectivity index (χ1) is 11.5. The summed E-state index contributed by atoms with van der Waals surface area (Å²) in [6, 6.07) is 14.6. The fraction of sp³-hybridized carbons (Fsp3) is 0.222. The first-order valence-electron chi connectivity index (χ1n) is 7.77. The number of nitrogens with two attached hydrogens (primary N) is 1. The highest BCUT2D eigenvalue weighted by atomic mass is 35.5. The summed E-state index contributed by atoms with van der Waals surface area (Å²) in [5.74, 6) is -0.372. The topological polar surface area (TPSA) is 58.4 Å². The summed E-state index contributed by atoms with van der Waals surface area (Å²) in [5.41, 5.74) is 10.8. The maximum atomic E-state index is 12.4. The first kappa shape index (κ1) is 18.2. The van der Waals surface area contributed by atoms with E-state index in [1.54, 1.807) is 24.3 Å². The lowest BCUT2D eigenvalue weighted by Crippen LogP contribution is -2.49. The Hall–Kier alpha value is -2.11. The summed E-state index contributed by atoms with van der Waals surface area (Å²) in [6.45, 7) is 2.16. The second-order valence-corrected chi connectivity index (χ2v) is 6.19. The predicted molar refractivity (Wildman–Crippen MR) is 103 cm³/mol. The molecular formula is C18H20ClN3OS. The Morgan fingerprint density at radius 3 is 2.46 bits per heavy atom. The summed E-state index contributed by atoms with van der Waals surface area (Å²) < 4.78 is 0. The molecule has 3 N–H and O–H groups in total. The zero-order valence-corrected chi connectivity index (χ0v) is 15.0. The monoisotopic (exact) mass is 361 g/mol. The van der Waals surface area contributed by atoms with E-state index in [0.29, 0.717) is 16.3 Å². The summed E-state index contributed by atoms with van der Waals surface area (Å²) in [5, 5.41) is 1.80. The van der Waals surface area contributed by atoms with Gasteiger partial charge >= 0.3 is 0 Å². The summed E-state index contributed by atoms with van der Waals surface area (Å²) in [7, 11) is 0. The molecule has 6 heteroatoms. The van der Waals surface area contributed by atoms with Crippen LogP contribution in [-0.2, 0) is 6.42 Å². The van der Waals surface area contributed by atoms with E-state index in [9.17, 15) is 4.79 Å². The van der Waals surface area contributed by atoms with E-state index in [2.05, 4.69) is 12.3 Å². The van der Waals surface area contributed by atoms with Crippen molar-refractivity contribution in [2.75, 3.05) is 5.01 Å². The fourth-order valence-electron chi connectivity index (χ4n) is 2.25. The third-order valence-corrected chi connectivity index (χ3v) is 4.08. The Kier molecular flexibility index (Phi) is 6.58. The van der Waals surface area contributed by atoms with Gasteiger partial charge in [-0.05, 0) is 54.9 Å². The van der Waals surface area contributed by atoms with Crippen molar-refractivity contribution in [3.63, 3.8) is 0 Å². The lowest BCUT2D eigenvalue weighted by atomic mass is 10.1. The van der Waals surface area contributed by atoms with Crippen molar-refractivity contribution in [1.29, 1.82) is 0 Å². The smallest absolute Gasteiger partial charge is 0.271 e. The highest BCUT2D eigenvalue weighted by molar-refractivity contribution is 7.80. The van der Waals surface area contributed by atoms with Crippen LogP contribution < -0.4 is 16.2 Å². The van der Waals surface area contributed by atoms with Crippen molar-refractivity contribution >= 4 is 40.5 Å². The van der Waals surface area contributed by atoms with Crippen LogP contribution in [0.15, 0.2) is 48.5 Å². The number of thiocarbonyl (C=S) groups is 1. The molecule has 4 nitrogen and oxygen atoms in total. The van der Waals surface area contributed by atoms with Crippen LogP contribution in [0.3, 0.4) is 0 Å². The average molecular weight is 362 g/mol. The van der Waals surface area contributed by atoms with E-state index in [4.69, 9.17) is 29.6 Å². The number of benzene rings is 2. The van der Waals surface area contributed by atoms with Gasteiger partial charge in [-0.3, -0.25) is 10.2 Å². The number of aryl methyl sites for hydroxylation is 1. The van der Waals surface area contributed by atoms with Crippen LogP contribution in [0.2, 0.25) is 5.02 Å². The zero-order valence-electron chi connectivity index (χ0n) is 13.5. The Morgan fingerprint density at radius 1 is 1.21 bits per heavy atom. The molecule has 0 radical (unpaired) electrons. The normalized spacial score (nSPS) is 10.2. The highest BCUT2D eigenvalue weighted by Crippen LogP contribution is 2.18. The van der Waals surface area contributed by atoms with Crippen LogP contribution in [0.5, 0.6) is 0 Å². The van der Waals surface area contributed by atoms with Gasteiger partial charge in [0.05, 0.1) is 16.3 Å². The molecule has 0 saturated carbocycles. The van der Waals surface area contributed by atoms with Gasteiger partial charge in [-0.2, -0.15) is 0 Å². The van der Waals surface area contributed by atoms with Crippen LogP contribution in [-0.4, -0.2) is 11.0 Å². The molecule has 0 aliphatic rings. The molecule has 0 bridgehead atoms. The van der Waals surface area contributed by atoms with Crippen molar-refractivity contribution < 1.29 is 4.79 Å². The molecule has 0 heterocycles. The molecule has 2 aromatic rings. The highest BCUT2D eigenvalue weighted by Gasteiger charge is 2.16. The number of nitrogens with zero attached hydrogens (tertiary/aromatic N) is 1. The van der Waals surface area contributed by atoms with E-state index >= 15 is 0 Å². The minimum atomic E-state index is -0.372. The zero-order chi connectivity index (χ0) is 17.5. The number of anilines is 1. The van der Waals surface area contributed by atoms with Crippen LogP contribution in [0.25, 0.3) is 0 Å². The second-order valence-electron chi connectivity index (χ2n) is 5.36. The Labute approximate surface area is 152 Å². The number of carbonyl (C=O) groups is 1. The third-order valence-electron chi connectivity index (χ3n) is 3.57. The Morgan fingerprint density at radius 2 is 1.88 bits per heavy atom. The van der Waals surface area contributed by atoms with Gasteiger partial charge in [0.2, 0.25) is 0 Å². The molecule has 2 rings (SSSR count). The van der Waals surface area contributed by atoms with Gasteiger partial charge in [0.1, 0.15) is 0 Å². The van der Waals surface area contributed by atoms with E-state index in [1.807, 2.05) is 24.3 Å². The van der Waals surface area contributed by atoms with E-state index in [0.717, 1.165) is 19.3 Å². The number of rotatable bonds is 5. The largest absolute Gasteiger partial charge is 0.374 e. The van der Waals surface area contributed by atoms with Crippen molar-refractivity contribution in [2.45, 2.75) is 26.2 Å². The van der Waals surface area contributed by atoms with Crippen LogP contribution >= 0.6 is 23.8 Å². The molecule has 2 aromatic carbocycles. The van der Waals surface area contributed by atoms with Gasteiger partial charge in [-0.15, -0.1) is 0 Å². The molecule has 126 valence electrons. The summed E-state index contributed by atoms with van der Waals surface area (Å²) >= 11 is 11.1. The first-order valence-corrected chi connectivity index (χ1v) is 8.55. The van der Waals surface area contributed by atoms with Crippen LogP contribution in [0.4, 0.5) is 5.69 Å². The number of amides is 1. The van der Waals surface area contributed by atoms with Gasteiger partial charge in [0.15, 0.2) is 5.11 Å². The van der Waals surface area contributed by atoms with Gasteiger partial charge in [-0.1, -0.05) is 49.2 Å². The number of halogens is 1. The number of hydrogen-bond donors (Lipinski definition) is 2. The molecule has 0 saturated heterocycles. The van der Waals surface area contributed by atoms with Gasteiger partial charge < -0.3 is 5.73 Å². The Bertz CT molecular complexity index is 718. The fourth-order valence-corrected chi connectivity index (χ4v) is 2.62. The summed E-state index contributed by atoms with van der Waals surface area (Å²) in [4.78, 5) is 12.4. The number of hydrogen-bond acceptors (Lipinski definition) is 2. The van der Waals surface area contributed by atoms with E-state index in [-0.39, 0.29) is 11.0 Å². The lowest BCUT2D eigenvalue weighted by Gasteiger charge is -2.24. The molecule has 1 amide bonds. The van der Waals surface area contributed by atoms with Crippen LogP contribution in [0.1, 0.15) is 35.7 Å². The number of nitrogens with one attached hydrogen (secondary N) is 1. The minimum absolute atomic E-state index is 0.0525. The number of hydrazine groups is 1. The molecular weight excluding hydrogens is 342 g/mol. The quantitative estimate of drug-likeness (QED) is 0.622. The van der Waals surface area contributed by atoms with E-state index < -0.39 is 0 Å². The van der Waals surface area contributed by atoms with Crippen molar-refractivity contribution in [3.8, 4) is 0 Å². The molecule has 0 unspecified atom stereocenters. The second kappa shape index (κ2) is 8.66. The van der Waals surface area contributed by atoms with Crippen molar-refractivity contribution in [2.24, 2.45) is 5.73 Å². The van der Waals surface area contributed by atoms with Crippen molar-refractivity contribution in [1.82, 2.24) is 5.43 Å². The lowest BCUT2D eigenvalue weighted by molar-refractivity contribution is 0.0955. The third kappa shape index (κ3) is 4.69. The summed E-state index contributed by atoms with van der Waals surface area (Å²) in [6.07, 6.45) is 3.31. The maximum absolute atomic E-state index is 12.4. The van der Waals surface area contributed by atoms with Crippen LogP contribution in [0, 0.1) is 0 Å². The number of unbranched alkanes of at least 4 members (excludes halogenated alkanes) is 1. The molecule has 0 spiro atoms. The average Bonchev–Trinajstić information content (AvgIpc) is 2.58. The molecule has 0 atom stereocenters. The van der Waals surface area contributed by atoms with Gasteiger partial charge in [-0.25, -0.2) is 5.01 Å². The molecule has 0 aliphatic heterocycles. The van der Waals surface area contributed by atoms with Gasteiger partial charge in [0.25, 0.3) is 5.91 Å². The molecule has 0 fully saturated rings. The van der Waals surface area contributed by atoms with Crippen molar-refractivity contribution in [3.05, 3.63) is 64.7 Å². The SMILES string of the molecule is CCCCc1ccc(N(NC(=O)c2ccccc2Cl)C(N)=S)cc1. The number of carbonyl (C=O) groups excluding carboxylic acids is 1. The van der Waals surface area contributed by atoms with Gasteiger partial charge in [0, 0.05) is 0 Å². The maximum Gasteiger partial charge on any atom is 0.271 e. The molecule has 24 heavy (non-hydrogen) atoms. The standard InChI is InChI=1S/C18H20ClN3OS/c1-2-3-6-13-9-11-14(12-10-13)22(18(20)24)21-17(23)15-7-4-5-8-16(15)19/h4-5,7-12H,2-3,6H2,1H3,(H2,20,24)(H,21,23). The Balaban J connectivity index is 2.16. The molecule has 0 aromatic heterocycles. The predicted octanol–water partition coefficient (Wildman–Crippen LogP) is 4.08. The van der Waals surface area contributed by atoms with E-state index in [1.165, 1.54) is 10.6 Å². The molecule has 0 aliphatic carbocycles.